The Bertz CT molecular complexity index is 1890. The molecule has 7 N–H and O–H groups in total. The van der Waals surface area contributed by atoms with E-state index < -0.39 is 47.7 Å². The van der Waals surface area contributed by atoms with Crippen LogP contribution in [0.15, 0.2) is 12.2 Å². The van der Waals surface area contributed by atoms with Crippen LogP contribution in [-0.4, -0.2) is 348 Å². The molecule has 0 radical (unpaired) electrons. The van der Waals surface area contributed by atoms with E-state index in [1.165, 1.54) is 12.2 Å². The van der Waals surface area contributed by atoms with Gasteiger partial charge < -0.3 is 127 Å². The van der Waals surface area contributed by atoms with Gasteiger partial charge in [0.25, 0.3) is 11.8 Å². The van der Waals surface area contributed by atoms with E-state index in [9.17, 15) is 38.7 Å². The number of hydrogen-bond donors (Lipinski definition) is 6. The van der Waals surface area contributed by atoms with Crippen LogP contribution in [0.5, 0.6) is 0 Å². The maximum Gasteiger partial charge on any atom is 0.326 e. The Morgan fingerprint density at radius 1 is 0.379 bits per heavy atom. The number of carboxylic acid groups (broad SMARTS) is 1. The van der Waals surface area contributed by atoms with Gasteiger partial charge in [-0.15, -0.1) is 0 Å². The zero-order valence-corrected chi connectivity index (χ0v) is 56.1. The van der Waals surface area contributed by atoms with Gasteiger partial charge in [0.05, 0.1) is 264 Å². The zero-order valence-electron chi connectivity index (χ0n) is 56.1. The molecule has 0 saturated carbocycles. The van der Waals surface area contributed by atoms with Gasteiger partial charge in [0.2, 0.25) is 17.7 Å². The molecule has 1 unspecified atom stereocenters. The highest BCUT2D eigenvalue weighted by Gasteiger charge is 2.29. The lowest BCUT2D eigenvalue weighted by atomic mass is 10.0. The largest absolute Gasteiger partial charge is 0.480 e. The summed E-state index contributed by atoms with van der Waals surface area (Å²) in [6.45, 7) is 20.8. The Hall–Kier alpha value is -4.77. The van der Waals surface area contributed by atoms with Crippen molar-refractivity contribution in [1.29, 1.82) is 0 Å². The van der Waals surface area contributed by atoms with Crippen molar-refractivity contribution >= 4 is 41.5 Å². The van der Waals surface area contributed by atoms with E-state index in [2.05, 4.69) is 21.3 Å². The summed E-state index contributed by atoms with van der Waals surface area (Å²) in [6.07, 6.45) is 2.77. The SMILES string of the molecule is CC(C)C(NC(=O)CCOCCOCCOCCOCCOCCOCCOCCOCCOCCOCCOCCOCCOCCOCCOCCOCCOCCOCCOCCOCCNC(=O)CCN1C(=O)C=CC1=O)C(=O)N[C@@H](CCCNC(N)=O)C(=O)O. The molecule has 554 valence electrons. The fraction of sp³-hybridized carbons (Fsp3) is 0.852. The second-order valence-corrected chi connectivity index (χ2v) is 20.4. The Balaban J connectivity index is 1.67. The molecule has 0 spiro atoms. The lowest BCUT2D eigenvalue weighted by molar-refractivity contribution is -0.142. The van der Waals surface area contributed by atoms with Gasteiger partial charge in [-0.2, -0.15) is 0 Å². The number of carbonyl (C=O) groups excluding carboxylic acids is 6. The van der Waals surface area contributed by atoms with Crippen LogP contribution in [0.1, 0.15) is 39.5 Å². The number of nitrogens with two attached hydrogens (primary N) is 1. The van der Waals surface area contributed by atoms with Crippen LogP contribution >= 0.6 is 0 Å². The van der Waals surface area contributed by atoms with E-state index in [1.54, 1.807) is 13.8 Å². The number of nitrogens with one attached hydrogen (secondary N) is 4. The summed E-state index contributed by atoms with van der Waals surface area (Å²) >= 11 is 0. The molecule has 0 fully saturated rings. The third-order valence-electron chi connectivity index (χ3n) is 12.4. The average Bonchev–Trinajstić information content (AvgIpc) is 1.90. The van der Waals surface area contributed by atoms with Crippen molar-refractivity contribution in [2.45, 2.75) is 51.6 Å². The molecule has 34 nitrogen and oxygen atoms in total. The minimum Gasteiger partial charge on any atom is -0.480 e. The number of urea groups is 1. The van der Waals surface area contributed by atoms with E-state index in [1.807, 2.05) is 0 Å². The summed E-state index contributed by atoms with van der Waals surface area (Å²) in [7, 11) is 0. The highest BCUT2D eigenvalue weighted by Crippen LogP contribution is 2.07. The molecule has 1 aliphatic rings. The molecule has 0 aromatic heterocycles. The molecular formula is C61H112N6O28. The molecule has 1 rings (SSSR count). The van der Waals surface area contributed by atoms with Gasteiger partial charge >= 0.3 is 12.0 Å². The number of ether oxygens (including phenoxy) is 20. The molecule has 1 heterocycles. The maximum absolute atomic E-state index is 12.8. The van der Waals surface area contributed by atoms with E-state index in [-0.39, 0.29) is 63.8 Å². The van der Waals surface area contributed by atoms with E-state index >= 15 is 0 Å². The number of carbonyl (C=O) groups is 7. The maximum atomic E-state index is 12.8. The number of aliphatic carboxylic acids is 1. The summed E-state index contributed by atoms with van der Waals surface area (Å²) in [5.74, 6) is -3.65. The standard InChI is InChI=1S/C61H112N6O28/c1-52(2)58(59(72)65-53(60(73)74)4-3-9-64-61(62)75)66-55(69)8-12-76-14-16-78-18-20-80-22-24-82-26-28-84-30-32-86-34-36-88-38-40-90-42-44-92-46-48-94-50-51-95-49-47-93-45-43-91-41-39-89-37-35-87-33-31-85-29-27-83-25-23-81-21-19-79-17-15-77-13-10-63-54(68)7-11-67-56(70)5-6-57(67)71/h5-6,52-53,58H,3-4,7-51H2,1-2H3,(H,63,68)(H,65,72)(H,66,69)(H,73,74)(H3,62,64,75)/t53-,58?/m0/s1. The molecule has 0 saturated heterocycles. The fourth-order valence-corrected chi connectivity index (χ4v) is 7.48. The van der Waals surface area contributed by atoms with Gasteiger partial charge in [-0.05, 0) is 18.8 Å². The highest BCUT2D eigenvalue weighted by molar-refractivity contribution is 6.13. The van der Waals surface area contributed by atoms with Crippen molar-refractivity contribution < 1.29 is 133 Å². The number of hydrogen-bond acceptors (Lipinski definition) is 27. The fourth-order valence-electron chi connectivity index (χ4n) is 7.48. The van der Waals surface area contributed by atoms with Crippen LogP contribution < -0.4 is 27.0 Å². The first kappa shape index (κ1) is 88.2. The number of amides is 7. The van der Waals surface area contributed by atoms with Crippen LogP contribution in [0.4, 0.5) is 4.79 Å². The van der Waals surface area contributed by atoms with Crippen molar-refractivity contribution in [3.63, 3.8) is 0 Å². The number of imide groups is 1. The average molecular weight is 1380 g/mol. The summed E-state index contributed by atoms with van der Waals surface area (Å²) in [6, 6.07) is -2.86. The van der Waals surface area contributed by atoms with Crippen LogP contribution in [0, 0.1) is 5.92 Å². The number of rotatable bonds is 75. The van der Waals surface area contributed by atoms with Crippen LogP contribution in [0.2, 0.25) is 0 Å². The minimum absolute atomic E-state index is 0.000226. The Morgan fingerprint density at radius 3 is 0.916 bits per heavy atom. The Kier molecular flexibility index (Phi) is 63.0. The number of nitrogens with zero attached hydrogens (tertiary/aromatic N) is 1. The van der Waals surface area contributed by atoms with Gasteiger partial charge in [0.1, 0.15) is 12.1 Å². The summed E-state index contributed by atoms with van der Waals surface area (Å²) in [4.78, 5) is 83.6. The Labute approximate surface area is 558 Å². The van der Waals surface area contributed by atoms with Crippen LogP contribution in [0.3, 0.4) is 0 Å². The molecular weight excluding hydrogens is 1260 g/mol. The summed E-state index contributed by atoms with van der Waals surface area (Å²) in [5, 5.41) is 19.6. The quantitative estimate of drug-likeness (QED) is 0.0292. The molecule has 7 amide bonds. The molecule has 1 aliphatic heterocycles. The van der Waals surface area contributed by atoms with Crippen molar-refractivity contribution in [2.75, 3.05) is 284 Å². The van der Waals surface area contributed by atoms with Gasteiger partial charge in [-0.3, -0.25) is 28.9 Å². The van der Waals surface area contributed by atoms with Crippen molar-refractivity contribution in [3.05, 3.63) is 12.2 Å². The second-order valence-electron chi connectivity index (χ2n) is 20.4. The van der Waals surface area contributed by atoms with Gasteiger partial charge in [0.15, 0.2) is 0 Å². The second kappa shape index (κ2) is 67.8. The number of primary amides is 1. The zero-order chi connectivity index (χ0) is 69.0. The van der Waals surface area contributed by atoms with Gasteiger partial charge in [-0.25, -0.2) is 9.59 Å². The Morgan fingerprint density at radius 2 is 0.653 bits per heavy atom. The van der Waals surface area contributed by atoms with Crippen molar-refractivity contribution in [1.82, 2.24) is 26.2 Å². The van der Waals surface area contributed by atoms with Crippen LogP contribution in [0.25, 0.3) is 0 Å². The first-order valence-electron chi connectivity index (χ1n) is 32.6. The van der Waals surface area contributed by atoms with E-state index in [0.717, 1.165) is 4.90 Å². The highest BCUT2D eigenvalue weighted by atomic mass is 16.6. The third-order valence-corrected chi connectivity index (χ3v) is 12.4. The lowest BCUT2D eigenvalue weighted by Crippen LogP contribution is -2.53. The predicted octanol–water partition coefficient (Wildman–Crippen LogP) is -1.70. The molecule has 0 aromatic carbocycles. The molecule has 2 atom stereocenters. The monoisotopic (exact) mass is 1380 g/mol. The summed E-state index contributed by atoms with van der Waals surface area (Å²) < 4.78 is 110. The molecule has 0 aromatic rings. The van der Waals surface area contributed by atoms with E-state index in [4.69, 9.17) is 100 Å². The topological polar surface area (TPSA) is 402 Å². The number of carboxylic acids is 1. The summed E-state index contributed by atoms with van der Waals surface area (Å²) in [5.41, 5.74) is 5.01. The minimum atomic E-state index is -1.23. The van der Waals surface area contributed by atoms with Crippen LogP contribution in [-0.2, 0) is 124 Å². The molecule has 0 bridgehead atoms. The molecule has 34 heteroatoms. The van der Waals surface area contributed by atoms with Gasteiger partial charge in [-0.1, -0.05) is 13.8 Å². The molecule has 0 aliphatic carbocycles. The lowest BCUT2D eigenvalue weighted by Gasteiger charge is -2.24. The predicted molar refractivity (Wildman–Crippen MR) is 338 cm³/mol. The normalized spacial score (nSPS) is 12.9. The first-order chi connectivity index (χ1) is 46.4. The van der Waals surface area contributed by atoms with E-state index in [0.29, 0.717) is 258 Å². The van der Waals surface area contributed by atoms with Gasteiger partial charge in [0, 0.05) is 44.6 Å². The molecule has 95 heavy (non-hydrogen) atoms. The van der Waals surface area contributed by atoms with Crippen molar-refractivity contribution in [2.24, 2.45) is 11.7 Å². The third kappa shape index (κ3) is 60.2. The smallest absolute Gasteiger partial charge is 0.326 e. The van der Waals surface area contributed by atoms with Crippen molar-refractivity contribution in [3.8, 4) is 0 Å². The first-order valence-corrected chi connectivity index (χ1v) is 32.6.